The zero-order valence-corrected chi connectivity index (χ0v) is 15.3. The molecule has 2 aliphatic rings. The maximum absolute atomic E-state index is 12.8. The summed E-state index contributed by atoms with van der Waals surface area (Å²) in [4.78, 5) is 14.6. The van der Waals surface area contributed by atoms with Gasteiger partial charge in [-0.25, -0.2) is 0 Å². The second-order valence-electron chi connectivity index (χ2n) is 7.51. The highest BCUT2D eigenvalue weighted by Crippen LogP contribution is 2.51. The average molecular weight is 375 g/mol. The number of hydrogen-bond acceptors (Lipinski definition) is 3. The molecule has 0 spiro atoms. The molecule has 1 aliphatic carbocycles. The first kappa shape index (κ1) is 19.9. The van der Waals surface area contributed by atoms with Crippen LogP contribution >= 0.6 is 12.4 Å². The van der Waals surface area contributed by atoms with Crippen molar-refractivity contribution in [3.8, 4) is 5.75 Å². The summed E-state index contributed by atoms with van der Waals surface area (Å²) >= 11 is 0. The van der Waals surface area contributed by atoms with Crippen molar-refractivity contribution in [1.82, 2.24) is 4.90 Å². The molecular weight excluding hydrogens is 350 g/mol. The van der Waals surface area contributed by atoms with Crippen LogP contribution in [0.25, 0.3) is 0 Å². The summed E-state index contributed by atoms with van der Waals surface area (Å²) in [5.74, 6) is 0.101. The van der Waals surface area contributed by atoms with E-state index in [-0.39, 0.29) is 47.4 Å². The Labute approximate surface area is 153 Å². The first-order chi connectivity index (χ1) is 11.3. The minimum atomic E-state index is -2.86. The number of carbonyl (C=O) groups is 1. The predicted octanol–water partition coefficient (Wildman–Crippen LogP) is 3.40. The highest BCUT2D eigenvalue weighted by Gasteiger charge is 2.48. The van der Waals surface area contributed by atoms with Gasteiger partial charge >= 0.3 is 6.61 Å². The maximum atomic E-state index is 12.8. The van der Waals surface area contributed by atoms with Crippen LogP contribution in [-0.4, -0.2) is 36.5 Å². The molecule has 1 amide bonds. The minimum Gasteiger partial charge on any atom is -0.435 e. The normalized spacial score (nSPS) is 27.6. The first-order valence-corrected chi connectivity index (χ1v) is 8.37. The molecular formula is C18H25ClF2N2O2. The van der Waals surface area contributed by atoms with E-state index in [0.29, 0.717) is 25.1 Å². The smallest absolute Gasteiger partial charge is 0.387 e. The second-order valence-corrected chi connectivity index (χ2v) is 7.51. The highest BCUT2D eigenvalue weighted by atomic mass is 35.5. The number of rotatable bonds is 4. The van der Waals surface area contributed by atoms with Crippen molar-refractivity contribution in [2.45, 2.75) is 45.3 Å². The Morgan fingerprint density at radius 1 is 1.36 bits per heavy atom. The van der Waals surface area contributed by atoms with Gasteiger partial charge in [0.05, 0.1) is 0 Å². The fraction of sp³-hybridized carbons (Fsp3) is 0.611. The SMILES string of the molecule is CC1(C)CN(C(=O)C2CC2c2ccccc2OC(F)F)CCC1N.Cl. The molecule has 140 valence electrons. The average Bonchev–Trinajstić information content (AvgIpc) is 3.29. The molecule has 4 nitrogen and oxygen atoms in total. The van der Waals surface area contributed by atoms with Gasteiger partial charge in [-0.2, -0.15) is 8.78 Å². The summed E-state index contributed by atoms with van der Waals surface area (Å²) in [5, 5.41) is 0. The minimum absolute atomic E-state index is 0. The molecule has 0 bridgehead atoms. The van der Waals surface area contributed by atoms with Gasteiger partial charge in [0, 0.05) is 25.0 Å². The van der Waals surface area contributed by atoms with Crippen LogP contribution in [0.15, 0.2) is 24.3 Å². The Balaban J connectivity index is 0.00000225. The van der Waals surface area contributed by atoms with Crippen LogP contribution in [0.5, 0.6) is 5.75 Å². The molecule has 3 unspecified atom stereocenters. The molecule has 3 rings (SSSR count). The fourth-order valence-electron chi connectivity index (χ4n) is 3.60. The van der Waals surface area contributed by atoms with Gasteiger partial charge in [0.25, 0.3) is 0 Å². The van der Waals surface area contributed by atoms with Crippen molar-refractivity contribution in [3.05, 3.63) is 29.8 Å². The van der Waals surface area contributed by atoms with Crippen molar-refractivity contribution < 1.29 is 18.3 Å². The third-order valence-corrected chi connectivity index (χ3v) is 5.27. The first-order valence-electron chi connectivity index (χ1n) is 8.37. The Bertz CT molecular complexity index is 627. The summed E-state index contributed by atoms with van der Waals surface area (Å²) in [6.45, 7) is 2.61. The largest absolute Gasteiger partial charge is 0.435 e. The molecule has 25 heavy (non-hydrogen) atoms. The topological polar surface area (TPSA) is 55.6 Å². The van der Waals surface area contributed by atoms with Gasteiger partial charge in [0.2, 0.25) is 5.91 Å². The lowest BCUT2D eigenvalue weighted by atomic mass is 9.79. The van der Waals surface area contributed by atoms with Gasteiger partial charge in [-0.1, -0.05) is 32.0 Å². The summed E-state index contributed by atoms with van der Waals surface area (Å²) < 4.78 is 29.7. The van der Waals surface area contributed by atoms with Crippen LogP contribution in [0.1, 0.15) is 38.2 Å². The monoisotopic (exact) mass is 374 g/mol. The number of benzene rings is 1. The molecule has 2 fully saturated rings. The molecule has 1 aromatic carbocycles. The zero-order valence-electron chi connectivity index (χ0n) is 14.5. The van der Waals surface area contributed by atoms with E-state index in [1.807, 2.05) is 4.90 Å². The fourth-order valence-corrected chi connectivity index (χ4v) is 3.60. The third-order valence-electron chi connectivity index (χ3n) is 5.27. The van der Waals surface area contributed by atoms with Crippen LogP contribution in [0.4, 0.5) is 8.78 Å². The molecule has 7 heteroatoms. The van der Waals surface area contributed by atoms with E-state index in [0.717, 1.165) is 6.42 Å². The number of ether oxygens (including phenoxy) is 1. The number of amides is 1. The number of nitrogens with zero attached hydrogens (tertiary/aromatic N) is 1. The van der Waals surface area contributed by atoms with E-state index in [4.69, 9.17) is 5.73 Å². The van der Waals surface area contributed by atoms with Crippen LogP contribution in [-0.2, 0) is 4.79 Å². The molecule has 1 saturated carbocycles. The van der Waals surface area contributed by atoms with Crippen LogP contribution in [0.2, 0.25) is 0 Å². The van der Waals surface area contributed by atoms with Gasteiger partial charge < -0.3 is 15.4 Å². The van der Waals surface area contributed by atoms with E-state index < -0.39 is 6.61 Å². The molecule has 0 aromatic heterocycles. The van der Waals surface area contributed by atoms with Gasteiger partial charge in [-0.15, -0.1) is 12.4 Å². The molecule has 1 saturated heterocycles. The standard InChI is InChI=1S/C18H24F2N2O2.ClH/c1-18(2)10-22(8-7-15(18)21)16(23)13-9-12(13)11-5-3-4-6-14(11)24-17(19)20;/h3-6,12-13,15,17H,7-10,21H2,1-2H3;1H. The van der Waals surface area contributed by atoms with E-state index in [1.165, 1.54) is 6.07 Å². The second kappa shape index (κ2) is 7.46. The molecule has 0 radical (unpaired) electrons. The van der Waals surface area contributed by atoms with Crippen molar-refractivity contribution in [1.29, 1.82) is 0 Å². The lowest BCUT2D eigenvalue weighted by molar-refractivity contribution is -0.136. The van der Waals surface area contributed by atoms with Gasteiger partial charge in [0.15, 0.2) is 0 Å². The molecule has 1 heterocycles. The lowest BCUT2D eigenvalue weighted by Gasteiger charge is -2.42. The number of hydrogen-bond donors (Lipinski definition) is 1. The number of likely N-dealkylation sites (tertiary alicyclic amines) is 1. The summed E-state index contributed by atoms with van der Waals surface area (Å²) in [6, 6.07) is 6.85. The Hall–Kier alpha value is -1.40. The molecule has 3 atom stereocenters. The lowest BCUT2D eigenvalue weighted by Crippen LogP contribution is -2.54. The summed E-state index contributed by atoms with van der Waals surface area (Å²) in [7, 11) is 0. The third kappa shape index (κ3) is 4.23. The predicted molar refractivity (Wildman–Crippen MR) is 94.1 cm³/mol. The van der Waals surface area contributed by atoms with Crippen molar-refractivity contribution >= 4 is 18.3 Å². The number of nitrogens with two attached hydrogens (primary N) is 1. The Morgan fingerprint density at radius 3 is 2.68 bits per heavy atom. The van der Waals surface area contributed by atoms with Crippen molar-refractivity contribution in [2.75, 3.05) is 13.1 Å². The number of piperidine rings is 1. The number of alkyl halides is 2. The van der Waals surface area contributed by atoms with Crippen molar-refractivity contribution in [2.24, 2.45) is 17.1 Å². The summed E-state index contributed by atoms with van der Waals surface area (Å²) in [5.41, 5.74) is 6.72. The number of carbonyl (C=O) groups excluding carboxylic acids is 1. The number of halogens is 3. The van der Waals surface area contributed by atoms with E-state index >= 15 is 0 Å². The quantitative estimate of drug-likeness (QED) is 0.878. The maximum Gasteiger partial charge on any atom is 0.387 e. The molecule has 2 N–H and O–H groups in total. The molecule has 1 aromatic rings. The van der Waals surface area contributed by atoms with E-state index in [2.05, 4.69) is 18.6 Å². The summed E-state index contributed by atoms with van der Waals surface area (Å²) in [6.07, 6.45) is 1.48. The highest BCUT2D eigenvalue weighted by molar-refractivity contribution is 5.85. The van der Waals surface area contributed by atoms with E-state index in [1.54, 1.807) is 18.2 Å². The number of para-hydroxylation sites is 1. The van der Waals surface area contributed by atoms with Gasteiger partial charge in [-0.3, -0.25) is 4.79 Å². The van der Waals surface area contributed by atoms with Crippen LogP contribution < -0.4 is 10.5 Å². The van der Waals surface area contributed by atoms with Gasteiger partial charge in [0.1, 0.15) is 5.75 Å². The van der Waals surface area contributed by atoms with E-state index in [9.17, 15) is 13.6 Å². The zero-order chi connectivity index (χ0) is 17.5. The van der Waals surface area contributed by atoms with Crippen LogP contribution in [0, 0.1) is 11.3 Å². The Kier molecular flexibility index (Phi) is 5.94. The van der Waals surface area contributed by atoms with Crippen LogP contribution in [0.3, 0.4) is 0 Å². The molecule has 1 aliphatic heterocycles. The van der Waals surface area contributed by atoms with Crippen molar-refractivity contribution in [3.63, 3.8) is 0 Å². The van der Waals surface area contributed by atoms with Gasteiger partial charge in [-0.05, 0) is 35.8 Å². The Morgan fingerprint density at radius 2 is 2.04 bits per heavy atom.